The van der Waals surface area contributed by atoms with Crippen molar-refractivity contribution in [3.05, 3.63) is 64.6 Å². The van der Waals surface area contributed by atoms with Crippen LogP contribution in [0.1, 0.15) is 32.9 Å². The largest absolute Gasteiger partial charge is 0.416 e. The molecule has 9 heteroatoms. The van der Waals surface area contributed by atoms with Crippen LogP contribution in [0, 0.1) is 13.8 Å². The zero-order valence-electron chi connectivity index (χ0n) is 16.8. The number of nitrogens with zero attached hydrogens (tertiary/aromatic N) is 5. The van der Waals surface area contributed by atoms with E-state index in [0.29, 0.717) is 49.5 Å². The van der Waals surface area contributed by atoms with Crippen molar-refractivity contribution in [1.82, 2.24) is 24.4 Å². The van der Waals surface area contributed by atoms with Gasteiger partial charge in [0.25, 0.3) is 5.91 Å². The molecule has 30 heavy (non-hydrogen) atoms. The summed E-state index contributed by atoms with van der Waals surface area (Å²) in [6.45, 7) is 6.39. The van der Waals surface area contributed by atoms with E-state index in [9.17, 15) is 18.0 Å². The number of carbonyl (C=O) groups excluding carboxylic acids is 1. The molecule has 158 valence electrons. The zero-order valence-corrected chi connectivity index (χ0v) is 16.8. The van der Waals surface area contributed by atoms with Gasteiger partial charge in [0.05, 0.1) is 11.8 Å². The van der Waals surface area contributed by atoms with Gasteiger partial charge in [-0.15, -0.1) is 0 Å². The number of hydrogen-bond acceptors (Lipinski definition) is 4. The first kappa shape index (κ1) is 20.3. The Kier molecular flexibility index (Phi) is 5.23. The van der Waals surface area contributed by atoms with E-state index in [2.05, 4.69) is 15.0 Å². The van der Waals surface area contributed by atoms with Crippen molar-refractivity contribution in [3.8, 4) is 0 Å². The summed E-state index contributed by atoms with van der Waals surface area (Å²) in [5.41, 5.74) is 2.71. The predicted octanol–water partition coefficient (Wildman–Crippen LogP) is 3.32. The van der Waals surface area contributed by atoms with Crippen molar-refractivity contribution in [2.75, 3.05) is 26.2 Å². The molecule has 4 rings (SSSR count). The van der Waals surface area contributed by atoms with Crippen LogP contribution in [0.2, 0.25) is 0 Å². The first-order valence-electron chi connectivity index (χ1n) is 9.72. The van der Waals surface area contributed by atoms with Gasteiger partial charge >= 0.3 is 6.18 Å². The standard InChI is InChI=1S/C21H22F3N5O/c1-14-10-15(2)29-19(26-14)18(12-25-29)20(30)28-8-6-27(7-9-28)13-16-4-3-5-17(11-16)21(22,23)24/h3-5,10-12H,6-9,13H2,1-2H3. The molecule has 0 spiro atoms. The molecular formula is C21H22F3N5O. The third-order valence-electron chi connectivity index (χ3n) is 5.33. The van der Waals surface area contributed by atoms with Gasteiger partial charge in [0.15, 0.2) is 5.65 Å². The summed E-state index contributed by atoms with van der Waals surface area (Å²) >= 11 is 0. The topological polar surface area (TPSA) is 53.7 Å². The smallest absolute Gasteiger partial charge is 0.336 e. The van der Waals surface area contributed by atoms with Crippen molar-refractivity contribution in [1.29, 1.82) is 0 Å². The molecule has 1 aliphatic rings. The number of alkyl halides is 3. The lowest BCUT2D eigenvalue weighted by molar-refractivity contribution is -0.137. The third-order valence-corrected chi connectivity index (χ3v) is 5.33. The fraction of sp³-hybridized carbons (Fsp3) is 0.381. The van der Waals surface area contributed by atoms with Gasteiger partial charge in [-0.1, -0.05) is 18.2 Å². The highest BCUT2D eigenvalue weighted by Crippen LogP contribution is 2.29. The molecule has 0 saturated carbocycles. The molecule has 0 radical (unpaired) electrons. The Morgan fingerprint density at radius 2 is 1.83 bits per heavy atom. The van der Waals surface area contributed by atoms with Crippen molar-refractivity contribution in [2.45, 2.75) is 26.6 Å². The highest BCUT2D eigenvalue weighted by atomic mass is 19.4. The molecule has 3 heterocycles. The average Bonchev–Trinajstić information content (AvgIpc) is 3.12. The van der Waals surface area contributed by atoms with Gasteiger partial charge in [-0.05, 0) is 31.5 Å². The Morgan fingerprint density at radius 3 is 2.53 bits per heavy atom. The predicted molar refractivity (Wildman–Crippen MR) is 105 cm³/mol. The van der Waals surface area contributed by atoms with Gasteiger partial charge in [-0.2, -0.15) is 18.3 Å². The molecule has 0 N–H and O–H groups in total. The second-order valence-electron chi connectivity index (χ2n) is 7.60. The van der Waals surface area contributed by atoms with Crippen LogP contribution in [0.25, 0.3) is 5.65 Å². The van der Waals surface area contributed by atoms with Gasteiger partial charge in [0.1, 0.15) is 5.56 Å². The highest BCUT2D eigenvalue weighted by molar-refractivity contribution is 5.99. The monoisotopic (exact) mass is 417 g/mol. The van der Waals surface area contributed by atoms with Crippen LogP contribution >= 0.6 is 0 Å². The van der Waals surface area contributed by atoms with Crippen LogP contribution in [-0.4, -0.2) is 56.5 Å². The number of amides is 1. The van der Waals surface area contributed by atoms with Gasteiger partial charge < -0.3 is 4.90 Å². The third kappa shape index (κ3) is 4.02. The molecule has 1 aromatic carbocycles. The van der Waals surface area contributed by atoms with Crippen molar-refractivity contribution in [2.24, 2.45) is 0 Å². The van der Waals surface area contributed by atoms with Crippen LogP contribution in [-0.2, 0) is 12.7 Å². The molecule has 1 saturated heterocycles. The lowest BCUT2D eigenvalue weighted by Crippen LogP contribution is -2.48. The number of aromatic nitrogens is 3. The maximum Gasteiger partial charge on any atom is 0.416 e. The van der Waals surface area contributed by atoms with E-state index in [4.69, 9.17) is 0 Å². The minimum Gasteiger partial charge on any atom is -0.336 e. The maximum absolute atomic E-state index is 13.0. The van der Waals surface area contributed by atoms with E-state index in [1.807, 2.05) is 19.9 Å². The maximum atomic E-state index is 13.0. The second kappa shape index (κ2) is 7.71. The molecule has 0 aliphatic carbocycles. The van der Waals surface area contributed by atoms with E-state index in [1.165, 1.54) is 12.1 Å². The molecule has 0 bridgehead atoms. The van der Waals surface area contributed by atoms with Gasteiger partial charge in [-0.3, -0.25) is 9.69 Å². The Hall–Kier alpha value is -2.94. The van der Waals surface area contributed by atoms with Gasteiger partial charge in [0.2, 0.25) is 0 Å². The molecule has 3 aromatic rings. The number of rotatable bonds is 3. The Bertz CT molecular complexity index is 1080. The van der Waals surface area contributed by atoms with Crippen LogP contribution in [0.15, 0.2) is 36.5 Å². The number of hydrogen-bond donors (Lipinski definition) is 0. The lowest BCUT2D eigenvalue weighted by atomic mass is 10.1. The van der Waals surface area contributed by atoms with Crippen LogP contribution < -0.4 is 0 Å². The highest BCUT2D eigenvalue weighted by Gasteiger charge is 2.31. The fourth-order valence-electron chi connectivity index (χ4n) is 3.80. The number of carbonyl (C=O) groups is 1. The molecule has 2 aromatic heterocycles. The second-order valence-corrected chi connectivity index (χ2v) is 7.60. The molecule has 1 amide bonds. The van der Waals surface area contributed by atoms with Gasteiger partial charge in [-0.25, -0.2) is 9.50 Å². The molecule has 1 aliphatic heterocycles. The zero-order chi connectivity index (χ0) is 21.5. The van der Waals surface area contributed by atoms with Crippen molar-refractivity contribution in [3.63, 3.8) is 0 Å². The quantitative estimate of drug-likeness (QED) is 0.656. The number of fused-ring (bicyclic) bond motifs is 1. The number of aryl methyl sites for hydroxylation is 2. The normalized spacial score (nSPS) is 15.7. The molecule has 6 nitrogen and oxygen atoms in total. The van der Waals surface area contributed by atoms with Crippen LogP contribution in [0.4, 0.5) is 13.2 Å². The van der Waals surface area contributed by atoms with Crippen LogP contribution in [0.5, 0.6) is 0 Å². The minimum absolute atomic E-state index is 0.124. The Labute approximate surface area is 171 Å². The van der Waals surface area contributed by atoms with Gasteiger partial charge in [0, 0.05) is 44.1 Å². The first-order valence-corrected chi connectivity index (χ1v) is 9.72. The van der Waals surface area contributed by atoms with Crippen molar-refractivity contribution >= 4 is 11.6 Å². The summed E-state index contributed by atoms with van der Waals surface area (Å²) < 4.78 is 40.4. The summed E-state index contributed by atoms with van der Waals surface area (Å²) in [6.07, 6.45) is -2.80. The van der Waals surface area contributed by atoms with E-state index >= 15 is 0 Å². The summed E-state index contributed by atoms with van der Waals surface area (Å²) in [5.74, 6) is -0.124. The minimum atomic E-state index is -4.35. The number of halogens is 3. The van der Waals surface area contributed by atoms with E-state index in [0.717, 1.165) is 17.5 Å². The molecule has 0 atom stereocenters. The Morgan fingerprint density at radius 1 is 1.10 bits per heavy atom. The van der Waals surface area contributed by atoms with E-state index in [1.54, 1.807) is 21.7 Å². The molecule has 0 unspecified atom stereocenters. The SMILES string of the molecule is Cc1cc(C)n2ncc(C(=O)N3CCN(Cc4cccc(C(F)(F)F)c4)CC3)c2n1. The first-order chi connectivity index (χ1) is 14.2. The van der Waals surface area contributed by atoms with Crippen LogP contribution in [0.3, 0.4) is 0 Å². The van der Waals surface area contributed by atoms with E-state index < -0.39 is 11.7 Å². The van der Waals surface area contributed by atoms with E-state index in [-0.39, 0.29) is 5.91 Å². The summed E-state index contributed by atoms with van der Waals surface area (Å²) in [4.78, 5) is 21.3. The lowest BCUT2D eigenvalue weighted by Gasteiger charge is -2.34. The fourth-order valence-corrected chi connectivity index (χ4v) is 3.80. The average molecular weight is 417 g/mol. The summed E-state index contributed by atoms with van der Waals surface area (Å²) in [6, 6.07) is 7.30. The summed E-state index contributed by atoms with van der Waals surface area (Å²) in [7, 11) is 0. The molecule has 1 fully saturated rings. The Balaban J connectivity index is 1.42. The van der Waals surface area contributed by atoms with Crippen molar-refractivity contribution < 1.29 is 18.0 Å². The number of piperazine rings is 1. The number of benzene rings is 1. The molecular weight excluding hydrogens is 395 g/mol. The summed E-state index contributed by atoms with van der Waals surface area (Å²) in [5, 5.41) is 4.28.